The van der Waals surface area contributed by atoms with Crippen molar-refractivity contribution in [3.63, 3.8) is 0 Å². The van der Waals surface area contributed by atoms with Crippen LogP contribution in [0.25, 0.3) is 0 Å². The third-order valence-corrected chi connectivity index (χ3v) is 2.91. The third kappa shape index (κ3) is 4.26. The second-order valence-electron chi connectivity index (χ2n) is 4.46. The summed E-state index contributed by atoms with van der Waals surface area (Å²) in [4.78, 5) is 4.05. The second kappa shape index (κ2) is 6.75. The van der Waals surface area contributed by atoms with Crippen LogP contribution in [0.4, 0.5) is 5.82 Å². The van der Waals surface area contributed by atoms with Crippen molar-refractivity contribution in [3.05, 3.63) is 54.2 Å². The lowest BCUT2D eigenvalue weighted by Gasteiger charge is -2.13. The molecule has 0 fully saturated rings. The Kier molecular flexibility index (Phi) is 4.75. The van der Waals surface area contributed by atoms with Crippen LogP contribution in [-0.4, -0.2) is 17.6 Å². The molecule has 0 amide bonds. The highest BCUT2D eigenvalue weighted by Gasteiger charge is 2.07. The van der Waals surface area contributed by atoms with Gasteiger partial charge in [0.25, 0.3) is 0 Å². The molecule has 4 heteroatoms. The monoisotopic (exact) mass is 257 g/mol. The van der Waals surface area contributed by atoms with E-state index >= 15 is 0 Å². The zero-order valence-electron chi connectivity index (χ0n) is 10.8. The zero-order chi connectivity index (χ0) is 13.5. The molecule has 0 aliphatic rings. The van der Waals surface area contributed by atoms with Crippen molar-refractivity contribution in [3.8, 4) is 5.75 Å². The summed E-state index contributed by atoms with van der Waals surface area (Å²) >= 11 is 0. The molecule has 0 spiro atoms. The molecule has 4 nitrogen and oxygen atoms in total. The minimum Gasteiger partial charge on any atom is -0.494 e. The SMILES string of the molecule is Nc1ncccc1CC(N)CCOc1ccccc1. The Bertz CT molecular complexity index is 502. The maximum absolute atomic E-state index is 6.08. The Labute approximate surface area is 113 Å². The average molecular weight is 257 g/mol. The van der Waals surface area contributed by atoms with Crippen LogP contribution in [-0.2, 0) is 6.42 Å². The number of rotatable bonds is 6. The summed E-state index contributed by atoms with van der Waals surface area (Å²) in [5.41, 5.74) is 12.9. The van der Waals surface area contributed by atoms with E-state index < -0.39 is 0 Å². The fraction of sp³-hybridized carbons (Fsp3) is 0.267. The molecule has 19 heavy (non-hydrogen) atoms. The molecule has 1 unspecified atom stereocenters. The van der Waals surface area contributed by atoms with E-state index in [4.69, 9.17) is 16.2 Å². The lowest BCUT2D eigenvalue weighted by atomic mass is 10.1. The van der Waals surface area contributed by atoms with E-state index in [1.165, 1.54) is 0 Å². The van der Waals surface area contributed by atoms with E-state index in [2.05, 4.69) is 4.98 Å². The first-order valence-electron chi connectivity index (χ1n) is 6.38. The number of anilines is 1. The van der Waals surface area contributed by atoms with E-state index in [0.717, 1.165) is 24.2 Å². The summed E-state index contributed by atoms with van der Waals surface area (Å²) in [5.74, 6) is 1.43. The Balaban J connectivity index is 1.76. The van der Waals surface area contributed by atoms with Gasteiger partial charge < -0.3 is 16.2 Å². The number of para-hydroxylation sites is 1. The van der Waals surface area contributed by atoms with Crippen LogP contribution in [0.15, 0.2) is 48.7 Å². The van der Waals surface area contributed by atoms with Gasteiger partial charge in [0.1, 0.15) is 11.6 Å². The van der Waals surface area contributed by atoms with Gasteiger partial charge in [0.05, 0.1) is 6.61 Å². The average Bonchev–Trinajstić information content (AvgIpc) is 2.43. The van der Waals surface area contributed by atoms with Crippen molar-refractivity contribution in [2.75, 3.05) is 12.3 Å². The molecule has 1 aromatic heterocycles. The highest BCUT2D eigenvalue weighted by Crippen LogP contribution is 2.12. The summed E-state index contributed by atoms with van der Waals surface area (Å²) in [6.07, 6.45) is 3.18. The van der Waals surface area contributed by atoms with Gasteiger partial charge in [-0.25, -0.2) is 4.98 Å². The summed E-state index contributed by atoms with van der Waals surface area (Å²) in [7, 11) is 0. The third-order valence-electron chi connectivity index (χ3n) is 2.91. The summed E-state index contributed by atoms with van der Waals surface area (Å²) in [6.45, 7) is 0.603. The maximum Gasteiger partial charge on any atom is 0.126 e. The smallest absolute Gasteiger partial charge is 0.126 e. The molecule has 0 saturated heterocycles. The topological polar surface area (TPSA) is 74.2 Å². The van der Waals surface area contributed by atoms with Crippen molar-refractivity contribution in [1.29, 1.82) is 0 Å². The first-order chi connectivity index (χ1) is 9.25. The fourth-order valence-corrected chi connectivity index (χ4v) is 1.85. The first kappa shape index (κ1) is 13.4. The molecule has 4 N–H and O–H groups in total. The molecule has 0 aliphatic carbocycles. The summed E-state index contributed by atoms with van der Waals surface area (Å²) < 4.78 is 5.62. The van der Waals surface area contributed by atoms with E-state index in [1.54, 1.807) is 6.20 Å². The van der Waals surface area contributed by atoms with Gasteiger partial charge in [0.2, 0.25) is 0 Å². The number of nitrogen functional groups attached to an aromatic ring is 1. The number of ether oxygens (including phenoxy) is 1. The van der Waals surface area contributed by atoms with Crippen LogP contribution >= 0.6 is 0 Å². The van der Waals surface area contributed by atoms with E-state index in [-0.39, 0.29) is 6.04 Å². The van der Waals surface area contributed by atoms with Crippen LogP contribution in [0, 0.1) is 0 Å². The summed E-state index contributed by atoms with van der Waals surface area (Å²) in [6, 6.07) is 13.6. The molecule has 1 heterocycles. The van der Waals surface area contributed by atoms with Crippen molar-refractivity contribution < 1.29 is 4.74 Å². The fourth-order valence-electron chi connectivity index (χ4n) is 1.85. The van der Waals surface area contributed by atoms with Crippen LogP contribution in [0.3, 0.4) is 0 Å². The number of pyridine rings is 1. The van der Waals surface area contributed by atoms with Gasteiger partial charge in [0, 0.05) is 12.2 Å². The molecule has 0 bridgehead atoms. The predicted octanol–water partition coefficient (Wildman–Crippen LogP) is 2.00. The standard InChI is InChI=1S/C15H19N3O/c16-13(11-12-5-4-9-18-15(12)17)8-10-19-14-6-2-1-3-7-14/h1-7,9,13H,8,10-11,16H2,(H2,17,18). The lowest BCUT2D eigenvalue weighted by Crippen LogP contribution is -2.25. The molecule has 0 saturated carbocycles. The molecule has 2 rings (SSSR count). The Morgan fingerprint density at radius 1 is 1.11 bits per heavy atom. The van der Waals surface area contributed by atoms with Gasteiger partial charge in [-0.05, 0) is 36.6 Å². The lowest BCUT2D eigenvalue weighted by molar-refractivity contribution is 0.297. The van der Waals surface area contributed by atoms with Gasteiger partial charge in [-0.2, -0.15) is 0 Å². The van der Waals surface area contributed by atoms with Crippen LogP contribution in [0.2, 0.25) is 0 Å². The Hall–Kier alpha value is -2.07. The van der Waals surface area contributed by atoms with Crippen LogP contribution < -0.4 is 16.2 Å². The van der Waals surface area contributed by atoms with Gasteiger partial charge in [-0.1, -0.05) is 24.3 Å². The minimum absolute atomic E-state index is 0.0233. The van der Waals surface area contributed by atoms with E-state index in [0.29, 0.717) is 12.4 Å². The zero-order valence-corrected chi connectivity index (χ0v) is 10.8. The number of aromatic nitrogens is 1. The minimum atomic E-state index is 0.0233. The van der Waals surface area contributed by atoms with Crippen LogP contribution in [0.1, 0.15) is 12.0 Å². The normalized spacial score (nSPS) is 12.1. The van der Waals surface area contributed by atoms with Crippen molar-refractivity contribution in [2.45, 2.75) is 18.9 Å². The van der Waals surface area contributed by atoms with Gasteiger partial charge in [-0.15, -0.1) is 0 Å². The van der Waals surface area contributed by atoms with Gasteiger partial charge >= 0.3 is 0 Å². The van der Waals surface area contributed by atoms with Gasteiger partial charge in [-0.3, -0.25) is 0 Å². The molecule has 2 aromatic rings. The van der Waals surface area contributed by atoms with E-state index in [9.17, 15) is 0 Å². The quantitative estimate of drug-likeness (QED) is 0.830. The number of nitrogens with zero attached hydrogens (tertiary/aromatic N) is 1. The molecule has 1 aromatic carbocycles. The Morgan fingerprint density at radius 3 is 2.63 bits per heavy atom. The first-order valence-corrected chi connectivity index (χ1v) is 6.38. The molecule has 0 radical (unpaired) electrons. The van der Waals surface area contributed by atoms with Crippen LogP contribution in [0.5, 0.6) is 5.75 Å². The molecule has 1 atom stereocenters. The Morgan fingerprint density at radius 2 is 1.89 bits per heavy atom. The predicted molar refractivity (Wildman–Crippen MR) is 76.9 cm³/mol. The highest BCUT2D eigenvalue weighted by atomic mass is 16.5. The summed E-state index contributed by atoms with van der Waals surface area (Å²) in [5, 5.41) is 0. The number of hydrogen-bond donors (Lipinski definition) is 2. The molecule has 0 aliphatic heterocycles. The highest BCUT2D eigenvalue weighted by molar-refractivity contribution is 5.38. The van der Waals surface area contributed by atoms with Gasteiger partial charge in [0.15, 0.2) is 0 Å². The molecule has 100 valence electrons. The molecular weight excluding hydrogens is 238 g/mol. The van der Waals surface area contributed by atoms with E-state index in [1.807, 2.05) is 42.5 Å². The largest absolute Gasteiger partial charge is 0.494 e. The number of hydrogen-bond acceptors (Lipinski definition) is 4. The van der Waals surface area contributed by atoms with Crippen molar-refractivity contribution >= 4 is 5.82 Å². The number of nitrogens with two attached hydrogens (primary N) is 2. The molecular formula is C15H19N3O. The second-order valence-corrected chi connectivity index (χ2v) is 4.46. The maximum atomic E-state index is 6.08. The van der Waals surface area contributed by atoms with Crippen molar-refractivity contribution in [1.82, 2.24) is 4.98 Å². The van der Waals surface area contributed by atoms with Crippen molar-refractivity contribution in [2.24, 2.45) is 5.73 Å². The number of benzene rings is 1.